The summed E-state index contributed by atoms with van der Waals surface area (Å²) in [5.74, 6) is -1.13. The molecule has 2 amide bonds. The van der Waals surface area contributed by atoms with Crippen LogP contribution in [0.1, 0.15) is 15.9 Å². The minimum absolute atomic E-state index is 0.137. The summed E-state index contributed by atoms with van der Waals surface area (Å²) in [6.45, 7) is 3.35. The zero-order valence-electron chi connectivity index (χ0n) is 18.0. The monoisotopic (exact) mass is 447 g/mol. The molecule has 0 unspecified atom stereocenters. The van der Waals surface area contributed by atoms with Gasteiger partial charge in [-0.05, 0) is 42.9 Å². The van der Waals surface area contributed by atoms with Crippen molar-refractivity contribution in [2.45, 2.75) is 0 Å². The number of furan rings is 1. The first-order chi connectivity index (χ1) is 16.0. The van der Waals surface area contributed by atoms with Crippen LogP contribution in [-0.2, 0) is 4.79 Å². The van der Waals surface area contributed by atoms with E-state index in [1.165, 1.54) is 6.20 Å². The van der Waals surface area contributed by atoms with Crippen LogP contribution >= 0.6 is 0 Å². The number of likely N-dealkylation sites (N-methyl/N-ethyl adjacent to an activating group) is 1. The second-order valence-corrected chi connectivity index (χ2v) is 8.06. The summed E-state index contributed by atoms with van der Waals surface area (Å²) in [6, 6.07) is 10.3. The van der Waals surface area contributed by atoms with E-state index in [1.54, 1.807) is 48.9 Å². The number of nitrogens with zero attached hydrogens (tertiary/aromatic N) is 3. The predicted octanol–water partition coefficient (Wildman–Crippen LogP) is 2.96. The maximum absolute atomic E-state index is 14.7. The number of hydrogen-bond acceptors (Lipinski definition) is 7. The van der Waals surface area contributed by atoms with Gasteiger partial charge in [0.15, 0.2) is 0 Å². The highest BCUT2D eigenvalue weighted by molar-refractivity contribution is 6.31. The number of carbonyl (C=O) groups is 2. The number of piperazine rings is 1. The summed E-state index contributed by atoms with van der Waals surface area (Å²) in [5.41, 5.74) is 2.78. The fourth-order valence-corrected chi connectivity index (χ4v) is 3.97. The molecule has 0 bridgehead atoms. The van der Waals surface area contributed by atoms with Gasteiger partial charge in [0.2, 0.25) is 5.95 Å². The molecule has 0 aliphatic carbocycles. The number of aromatic nitrogens is 1. The van der Waals surface area contributed by atoms with Gasteiger partial charge in [-0.3, -0.25) is 14.9 Å². The Balaban J connectivity index is 1.43. The Kier molecular flexibility index (Phi) is 5.39. The summed E-state index contributed by atoms with van der Waals surface area (Å²) in [7, 11) is 2.05. The number of fused-ring (bicyclic) bond motifs is 1. The Morgan fingerprint density at radius 2 is 1.85 bits per heavy atom. The molecule has 33 heavy (non-hydrogen) atoms. The Morgan fingerprint density at radius 1 is 1.03 bits per heavy atom. The van der Waals surface area contributed by atoms with Crippen molar-refractivity contribution in [1.82, 2.24) is 15.2 Å². The zero-order valence-corrected chi connectivity index (χ0v) is 18.0. The van der Waals surface area contributed by atoms with Gasteiger partial charge < -0.3 is 19.5 Å². The molecule has 1 fully saturated rings. The number of imide groups is 1. The second kappa shape index (κ2) is 8.51. The van der Waals surface area contributed by atoms with Crippen LogP contribution in [-0.4, -0.2) is 54.9 Å². The number of amides is 2. The molecule has 8 nitrogen and oxygen atoms in total. The third-order valence-electron chi connectivity index (χ3n) is 5.91. The fraction of sp³-hybridized carbons (Fsp3) is 0.208. The van der Waals surface area contributed by atoms with Crippen LogP contribution in [0.2, 0.25) is 0 Å². The van der Waals surface area contributed by atoms with Gasteiger partial charge >= 0.3 is 0 Å². The smallest absolute Gasteiger partial charge is 0.260 e. The second-order valence-electron chi connectivity index (χ2n) is 8.06. The zero-order chi connectivity index (χ0) is 22.9. The third-order valence-corrected chi connectivity index (χ3v) is 5.91. The molecule has 2 aliphatic heterocycles. The number of benzene rings is 1. The van der Waals surface area contributed by atoms with Gasteiger partial charge in [-0.2, -0.15) is 4.39 Å². The highest BCUT2D eigenvalue weighted by Gasteiger charge is 2.28. The Hall–Kier alpha value is -3.98. The van der Waals surface area contributed by atoms with Crippen LogP contribution in [0, 0.1) is 5.95 Å². The molecule has 5 rings (SSSR count). The Labute approximate surface area is 189 Å². The van der Waals surface area contributed by atoms with E-state index in [4.69, 9.17) is 4.42 Å². The van der Waals surface area contributed by atoms with Crippen LogP contribution in [0.15, 0.2) is 59.5 Å². The number of anilines is 2. The van der Waals surface area contributed by atoms with Crippen LogP contribution in [0.5, 0.6) is 0 Å². The summed E-state index contributed by atoms with van der Waals surface area (Å²) < 4.78 is 19.9. The SMILES string of the molecule is CN1CCN(c2ccc(N/C=C3\C(=O)NC(=O)c4ccc(-c5ccoc5)cc43)c(F)n2)CC1. The van der Waals surface area contributed by atoms with E-state index in [9.17, 15) is 14.0 Å². The van der Waals surface area contributed by atoms with E-state index in [2.05, 4.69) is 27.6 Å². The molecular formula is C24H22FN5O3. The minimum atomic E-state index is -0.664. The van der Waals surface area contributed by atoms with Crippen LogP contribution in [0.25, 0.3) is 16.7 Å². The van der Waals surface area contributed by atoms with Gasteiger partial charge in [-0.1, -0.05) is 6.07 Å². The van der Waals surface area contributed by atoms with Crippen molar-refractivity contribution >= 4 is 28.9 Å². The number of nitrogens with one attached hydrogen (secondary N) is 2. The van der Waals surface area contributed by atoms with Crippen molar-refractivity contribution in [3.05, 3.63) is 72.2 Å². The lowest BCUT2D eigenvalue weighted by atomic mass is 9.92. The molecule has 2 aliphatic rings. The van der Waals surface area contributed by atoms with Gasteiger partial charge in [-0.25, -0.2) is 4.98 Å². The van der Waals surface area contributed by atoms with Crippen molar-refractivity contribution in [3.8, 4) is 11.1 Å². The summed E-state index contributed by atoms with van der Waals surface area (Å²) in [5, 5.41) is 5.16. The Morgan fingerprint density at radius 3 is 2.58 bits per heavy atom. The van der Waals surface area contributed by atoms with Crippen LogP contribution < -0.4 is 15.5 Å². The van der Waals surface area contributed by atoms with E-state index in [-0.39, 0.29) is 11.3 Å². The average Bonchev–Trinajstić information content (AvgIpc) is 3.35. The van der Waals surface area contributed by atoms with Gasteiger partial charge in [0.25, 0.3) is 11.8 Å². The first kappa shape index (κ1) is 20.9. The van der Waals surface area contributed by atoms with Crippen molar-refractivity contribution in [3.63, 3.8) is 0 Å². The van der Waals surface area contributed by atoms with E-state index in [0.717, 1.165) is 37.3 Å². The molecule has 0 spiro atoms. The quantitative estimate of drug-likeness (QED) is 0.361. The lowest BCUT2D eigenvalue weighted by Crippen LogP contribution is -2.44. The van der Waals surface area contributed by atoms with E-state index in [1.807, 2.05) is 4.90 Å². The predicted molar refractivity (Wildman–Crippen MR) is 122 cm³/mol. The van der Waals surface area contributed by atoms with Crippen molar-refractivity contribution in [1.29, 1.82) is 0 Å². The van der Waals surface area contributed by atoms with Gasteiger partial charge in [0.05, 0.1) is 23.8 Å². The summed E-state index contributed by atoms with van der Waals surface area (Å²) in [4.78, 5) is 33.2. The van der Waals surface area contributed by atoms with E-state index < -0.39 is 17.8 Å². The molecule has 0 saturated carbocycles. The van der Waals surface area contributed by atoms with E-state index in [0.29, 0.717) is 16.9 Å². The summed E-state index contributed by atoms with van der Waals surface area (Å²) >= 11 is 0. The van der Waals surface area contributed by atoms with Gasteiger partial charge in [-0.15, -0.1) is 0 Å². The maximum Gasteiger partial charge on any atom is 0.260 e. The largest absolute Gasteiger partial charge is 0.472 e. The molecule has 0 radical (unpaired) electrons. The Bertz CT molecular complexity index is 1250. The van der Waals surface area contributed by atoms with Crippen molar-refractivity contribution in [2.24, 2.45) is 0 Å². The van der Waals surface area contributed by atoms with Crippen LogP contribution in [0.3, 0.4) is 0 Å². The standard InChI is InChI=1S/C24H22FN5O3/c1-29-7-9-30(10-8-29)21-5-4-20(22(25)27-21)26-13-19-18-12-15(16-6-11-33-14-16)2-3-17(18)23(31)28-24(19)32/h2-6,11-14,26H,7-10H2,1H3,(H,28,31,32)/b19-13-. The normalized spacial score (nSPS) is 17.8. The van der Waals surface area contributed by atoms with Crippen LogP contribution in [0.4, 0.5) is 15.9 Å². The molecule has 1 aromatic carbocycles. The number of pyridine rings is 1. The number of halogens is 1. The molecule has 0 atom stereocenters. The number of hydrogen-bond donors (Lipinski definition) is 2. The fourth-order valence-electron chi connectivity index (χ4n) is 3.97. The average molecular weight is 447 g/mol. The molecule has 2 N–H and O–H groups in total. The molecule has 4 heterocycles. The van der Waals surface area contributed by atoms with Gasteiger partial charge in [0, 0.05) is 49.1 Å². The van der Waals surface area contributed by atoms with Gasteiger partial charge in [0.1, 0.15) is 5.82 Å². The molecule has 1 saturated heterocycles. The first-order valence-corrected chi connectivity index (χ1v) is 10.6. The maximum atomic E-state index is 14.7. The van der Waals surface area contributed by atoms with Crippen molar-refractivity contribution in [2.75, 3.05) is 43.4 Å². The summed E-state index contributed by atoms with van der Waals surface area (Å²) in [6.07, 6.45) is 4.53. The number of rotatable bonds is 4. The third kappa shape index (κ3) is 4.10. The molecule has 2 aromatic heterocycles. The molecule has 9 heteroatoms. The molecule has 3 aromatic rings. The lowest BCUT2D eigenvalue weighted by molar-refractivity contribution is -0.114. The van der Waals surface area contributed by atoms with E-state index >= 15 is 0 Å². The topological polar surface area (TPSA) is 90.7 Å². The lowest BCUT2D eigenvalue weighted by Gasteiger charge is -2.33. The highest BCUT2D eigenvalue weighted by Crippen LogP contribution is 2.30. The van der Waals surface area contributed by atoms with Crippen molar-refractivity contribution < 1.29 is 18.4 Å². The first-order valence-electron chi connectivity index (χ1n) is 10.6. The molecule has 168 valence electrons. The highest BCUT2D eigenvalue weighted by atomic mass is 19.1. The minimum Gasteiger partial charge on any atom is -0.472 e. The molecular weight excluding hydrogens is 425 g/mol. The number of carbonyl (C=O) groups excluding carboxylic acids is 2.